The molecule has 0 aliphatic rings. The van der Waals surface area contributed by atoms with E-state index in [2.05, 4.69) is 34.1 Å². The zero-order valence-electron chi connectivity index (χ0n) is 10.8. The second-order valence-electron chi connectivity index (χ2n) is 5.15. The van der Waals surface area contributed by atoms with Crippen LogP contribution in [0.2, 0.25) is 0 Å². The highest BCUT2D eigenvalue weighted by Gasteiger charge is 2.18. The molecular weight excluding hydrogens is 346 g/mol. The van der Waals surface area contributed by atoms with Gasteiger partial charge in [0.1, 0.15) is 0 Å². The van der Waals surface area contributed by atoms with Crippen molar-refractivity contribution in [3.8, 4) is 0 Å². The number of hydrogen-bond acceptors (Lipinski definition) is 2. The third-order valence-electron chi connectivity index (χ3n) is 4.08. The smallest absolute Gasteiger partial charge is 0.263 e. The number of hydrogen-bond donors (Lipinski definition) is 0. The highest BCUT2D eigenvalue weighted by molar-refractivity contribution is 9.11. The van der Waals surface area contributed by atoms with Crippen molar-refractivity contribution in [3.05, 3.63) is 62.7 Å². The van der Waals surface area contributed by atoms with E-state index in [1.165, 1.54) is 4.70 Å². The van der Waals surface area contributed by atoms with Gasteiger partial charge in [0, 0.05) is 16.2 Å². The molecule has 5 rings (SSSR count). The number of rotatable bonds is 0. The van der Waals surface area contributed by atoms with Gasteiger partial charge >= 0.3 is 0 Å². The van der Waals surface area contributed by atoms with Crippen molar-refractivity contribution in [2.24, 2.45) is 0 Å². The number of nitrogens with zero attached hydrogens (tertiary/aromatic N) is 1. The van der Waals surface area contributed by atoms with Crippen LogP contribution in [0.3, 0.4) is 0 Å². The van der Waals surface area contributed by atoms with Crippen molar-refractivity contribution in [2.75, 3.05) is 0 Å². The predicted octanol–water partition coefficient (Wildman–Crippen LogP) is 5.02. The maximum atomic E-state index is 12.9. The molecule has 3 aromatic heterocycles. The van der Waals surface area contributed by atoms with Crippen LogP contribution in [-0.2, 0) is 0 Å². The molecule has 0 N–H and O–H groups in total. The number of thiophene rings is 1. The summed E-state index contributed by atoms with van der Waals surface area (Å²) in [5.74, 6) is 0. The van der Waals surface area contributed by atoms with Crippen LogP contribution >= 0.6 is 27.3 Å². The molecule has 0 saturated heterocycles. The summed E-state index contributed by atoms with van der Waals surface area (Å²) in [5.41, 5.74) is 2.10. The van der Waals surface area contributed by atoms with E-state index in [-0.39, 0.29) is 5.56 Å². The van der Waals surface area contributed by atoms with Crippen molar-refractivity contribution in [1.29, 1.82) is 0 Å². The van der Waals surface area contributed by atoms with Crippen molar-refractivity contribution >= 4 is 64.5 Å². The lowest BCUT2D eigenvalue weighted by Gasteiger charge is -2.05. The minimum absolute atomic E-state index is 0.0644. The summed E-state index contributed by atoms with van der Waals surface area (Å²) in [6, 6.07) is 16.2. The Balaban J connectivity index is 2.30. The first-order valence-electron chi connectivity index (χ1n) is 6.62. The molecule has 2 nitrogen and oxygen atoms in total. The highest BCUT2D eigenvalue weighted by atomic mass is 79.9. The van der Waals surface area contributed by atoms with E-state index in [9.17, 15) is 4.79 Å². The van der Waals surface area contributed by atoms with Gasteiger partial charge in [0.15, 0.2) is 0 Å². The van der Waals surface area contributed by atoms with Crippen LogP contribution in [-0.4, -0.2) is 4.40 Å². The maximum absolute atomic E-state index is 12.9. The van der Waals surface area contributed by atoms with E-state index in [4.69, 9.17) is 0 Å². The van der Waals surface area contributed by atoms with Gasteiger partial charge in [0.05, 0.1) is 19.5 Å². The Kier molecular flexibility index (Phi) is 2.14. The van der Waals surface area contributed by atoms with Crippen molar-refractivity contribution < 1.29 is 0 Å². The fourth-order valence-electron chi connectivity index (χ4n) is 3.25. The molecular formula is C17H8BrNOS. The molecule has 0 fully saturated rings. The Morgan fingerprint density at radius 3 is 2.48 bits per heavy atom. The quantitative estimate of drug-likeness (QED) is 0.358. The van der Waals surface area contributed by atoms with Crippen LogP contribution in [0.15, 0.2) is 57.1 Å². The lowest BCUT2D eigenvalue weighted by molar-refractivity contribution is 1.21. The molecule has 0 spiro atoms. The van der Waals surface area contributed by atoms with Crippen molar-refractivity contribution in [1.82, 2.24) is 4.40 Å². The number of benzene rings is 2. The predicted molar refractivity (Wildman–Crippen MR) is 92.9 cm³/mol. The average Bonchev–Trinajstić information content (AvgIpc) is 3.01. The molecule has 100 valence electrons. The summed E-state index contributed by atoms with van der Waals surface area (Å²) in [4.78, 5) is 12.9. The van der Waals surface area contributed by atoms with Crippen LogP contribution in [0.4, 0.5) is 0 Å². The molecule has 0 bridgehead atoms. The Labute approximate surface area is 131 Å². The Morgan fingerprint density at radius 2 is 1.62 bits per heavy atom. The Morgan fingerprint density at radius 1 is 0.905 bits per heavy atom. The van der Waals surface area contributed by atoms with Gasteiger partial charge in [-0.25, -0.2) is 0 Å². The molecule has 0 amide bonds. The number of para-hydroxylation sites is 1. The number of fused-ring (bicyclic) bond motifs is 5. The third-order valence-corrected chi connectivity index (χ3v) is 5.74. The fourth-order valence-corrected chi connectivity index (χ4v) is 4.85. The molecule has 21 heavy (non-hydrogen) atoms. The first kappa shape index (κ1) is 11.7. The van der Waals surface area contributed by atoms with Gasteiger partial charge in [-0.2, -0.15) is 0 Å². The topological polar surface area (TPSA) is 21.5 Å². The van der Waals surface area contributed by atoms with Gasteiger partial charge in [-0.1, -0.05) is 36.4 Å². The number of aromatic nitrogens is 1. The Bertz CT molecular complexity index is 1220. The first-order valence-corrected chi connectivity index (χ1v) is 8.23. The van der Waals surface area contributed by atoms with Crippen molar-refractivity contribution in [2.45, 2.75) is 0 Å². The van der Waals surface area contributed by atoms with E-state index >= 15 is 0 Å². The third kappa shape index (κ3) is 1.34. The molecule has 0 aliphatic carbocycles. The molecule has 2 aromatic carbocycles. The monoisotopic (exact) mass is 353 g/mol. The van der Waals surface area contributed by atoms with Crippen LogP contribution < -0.4 is 5.56 Å². The molecule has 5 aromatic rings. The lowest BCUT2D eigenvalue weighted by Crippen LogP contribution is -2.12. The molecule has 4 heteroatoms. The summed E-state index contributed by atoms with van der Waals surface area (Å²) in [5, 5.41) is 4.10. The van der Waals surface area contributed by atoms with E-state index in [0.29, 0.717) is 0 Å². The van der Waals surface area contributed by atoms with Crippen LogP contribution in [0.1, 0.15) is 0 Å². The van der Waals surface area contributed by atoms with Gasteiger partial charge in [-0.05, 0) is 33.4 Å². The largest absolute Gasteiger partial charge is 0.274 e. The molecule has 0 aliphatic heterocycles. The zero-order chi connectivity index (χ0) is 14.1. The second kappa shape index (κ2) is 3.84. The summed E-state index contributed by atoms with van der Waals surface area (Å²) in [6.07, 6.45) is 0. The molecule has 0 unspecified atom stereocenters. The minimum Gasteiger partial charge on any atom is -0.274 e. The van der Waals surface area contributed by atoms with E-state index in [1.54, 1.807) is 11.3 Å². The zero-order valence-corrected chi connectivity index (χ0v) is 13.2. The summed E-state index contributed by atoms with van der Waals surface area (Å²) < 4.78 is 4.08. The number of pyridine rings is 1. The van der Waals surface area contributed by atoms with E-state index < -0.39 is 0 Å². The van der Waals surface area contributed by atoms with Crippen LogP contribution in [0.25, 0.3) is 37.3 Å². The van der Waals surface area contributed by atoms with Gasteiger partial charge < -0.3 is 0 Å². The molecule has 0 radical (unpaired) electrons. The molecule has 3 heterocycles. The first-order chi connectivity index (χ1) is 10.3. The summed E-state index contributed by atoms with van der Waals surface area (Å²) in [7, 11) is 0. The van der Waals surface area contributed by atoms with E-state index in [1.807, 2.05) is 34.7 Å². The standard InChI is InChI=1S/C17H8BrNOS/c18-14-8-13-16(21-14)12-7-3-6-10-9-4-1-2-5-11(9)17(20)19(13)15(10)12/h1-8H. The summed E-state index contributed by atoms with van der Waals surface area (Å²) >= 11 is 5.21. The van der Waals surface area contributed by atoms with Gasteiger partial charge in [-0.15, -0.1) is 11.3 Å². The normalized spacial score (nSPS) is 12.2. The SMILES string of the molecule is O=c1c2ccccc2c2cccc3c4sc(Br)cc4n1c23. The van der Waals surface area contributed by atoms with Crippen LogP contribution in [0.5, 0.6) is 0 Å². The molecule has 0 atom stereocenters. The number of halogens is 1. The minimum atomic E-state index is 0.0644. The average molecular weight is 354 g/mol. The van der Waals surface area contributed by atoms with Gasteiger partial charge in [0.25, 0.3) is 5.56 Å². The van der Waals surface area contributed by atoms with Gasteiger partial charge in [0.2, 0.25) is 0 Å². The van der Waals surface area contributed by atoms with Crippen molar-refractivity contribution in [3.63, 3.8) is 0 Å². The molecule has 0 saturated carbocycles. The highest BCUT2D eigenvalue weighted by Crippen LogP contribution is 2.39. The second-order valence-corrected chi connectivity index (χ2v) is 7.58. The fraction of sp³-hybridized carbons (Fsp3) is 0. The van der Waals surface area contributed by atoms with Gasteiger partial charge in [-0.3, -0.25) is 9.20 Å². The lowest BCUT2D eigenvalue weighted by atomic mass is 10.1. The Hall–Kier alpha value is -1.91. The van der Waals surface area contributed by atoms with E-state index in [0.717, 1.165) is 36.4 Å². The maximum Gasteiger partial charge on any atom is 0.263 e. The van der Waals surface area contributed by atoms with Crippen LogP contribution in [0, 0.1) is 0 Å². The summed E-state index contributed by atoms with van der Waals surface area (Å²) in [6.45, 7) is 0.